The molecule has 0 fully saturated rings. The van der Waals surface area contributed by atoms with Gasteiger partial charge in [-0.1, -0.05) is 30.3 Å². The fraction of sp³-hybridized carbons (Fsp3) is 0.182. The van der Waals surface area contributed by atoms with Gasteiger partial charge >= 0.3 is 5.97 Å². The second-order valence-corrected chi connectivity index (χ2v) is 2.95. The van der Waals surface area contributed by atoms with Crippen molar-refractivity contribution in [2.45, 2.75) is 12.8 Å². The first-order valence-electron chi connectivity index (χ1n) is 4.34. The van der Waals surface area contributed by atoms with E-state index in [0.717, 1.165) is 5.56 Å². The highest BCUT2D eigenvalue weighted by Gasteiger charge is 2.06. The zero-order valence-corrected chi connectivity index (χ0v) is 7.68. The first-order valence-corrected chi connectivity index (χ1v) is 4.34. The van der Waals surface area contributed by atoms with Gasteiger partial charge in [-0.3, -0.25) is 0 Å². The molecule has 0 aliphatic carbocycles. The minimum Gasteiger partial charge on any atom is -0.515 e. The first-order chi connectivity index (χ1) is 6.74. The summed E-state index contributed by atoms with van der Waals surface area (Å²) in [6.07, 6.45) is 1.63. The fourth-order valence-electron chi connectivity index (χ4n) is 1.15. The summed E-state index contributed by atoms with van der Waals surface area (Å²) in [5.41, 5.74) is 1.10. The van der Waals surface area contributed by atoms with Crippen LogP contribution in [0.1, 0.15) is 12.0 Å². The Bertz CT molecular complexity index is 328. The molecule has 0 aliphatic heterocycles. The van der Waals surface area contributed by atoms with E-state index < -0.39 is 5.97 Å². The van der Waals surface area contributed by atoms with Gasteiger partial charge < -0.3 is 10.2 Å². The Hall–Kier alpha value is -1.77. The van der Waals surface area contributed by atoms with Gasteiger partial charge in [-0.2, -0.15) is 0 Å². The van der Waals surface area contributed by atoms with Crippen LogP contribution in [-0.2, 0) is 11.2 Å². The molecule has 0 heterocycles. The van der Waals surface area contributed by atoms with Gasteiger partial charge in [0.25, 0.3) is 0 Å². The third-order valence-electron chi connectivity index (χ3n) is 1.96. The average Bonchev–Trinajstić information content (AvgIpc) is 2.20. The van der Waals surface area contributed by atoms with Crippen molar-refractivity contribution < 1.29 is 15.0 Å². The molecule has 0 bridgehead atoms. The molecule has 74 valence electrons. The maximum absolute atomic E-state index is 10.5. The highest BCUT2D eigenvalue weighted by molar-refractivity contribution is 5.86. The smallest absolute Gasteiger partial charge is 0.334 e. The quantitative estimate of drug-likeness (QED) is 0.567. The average molecular weight is 192 g/mol. The van der Waals surface area contributed by atoms with E-state index in [4.69, 9.17) is 10.2 Å². The van der Waals surface area contributed by atoms with Crippen LogP contribution in [0.15, 0.2) is 42.2 Å². The summed E-state index contributed by atoms with van der Waals surface area (Å²) in [6, 6.07) is 9.56. The molecular formula is C11H12O3. The van der Waals surface area contributed by atoms with E-state index in [1.54, 1.807) is 0 Å². The van der Waals surface area contributed by atoms with Crippen LogP contribution < -0.4 is 0 Å². The molecule has 0 saturated carbocycles. The molecule has 2 N–H and O–H groups in total. The lowest BCUT2D eigenvalue weighted by atomic mass is 10.1. The van der Waals surface area contributed by atoms with Gasteiger partial charge in [0.2, 0.25) is 0 Å². The van der Waals surface area contributed by atoms with Crippen LogP contribution in [0, 0.1) is 0 Å². The summed E-state index contributed by atoms with van der Waals surface area (Å²) < 4.78 is 0. The van der Waals surface area contributed by atoms with Crippen LogP contribution >= 0.6 is 0 Å². The molecule has 0 radical (unpaired) electrons. The second kappa shape index (κ2) is 5.07. The molecule has 3 heteroatoms. The molecule has 0 saturated heterocycles. The van der Waals surface area contributed by atoms with Crippen LogP contribution in [0.5, 0.6) is 0 Å². The lowest BCUT2D eigenvalue weighted by Crippen LogP contribution is -2.02. The molecule has 0 atom stereocenters. The Labute approximate surface area is 82.3 Å². The summed E-state index contributed by atoms with van der Waals surface area (Å²) in [7, 11) is 0. The third-order valence-corrected chi connectivity index (χ3v) is 1.96. The topological polar surface area (TPSA) is 57.5 Å². The minimum absolute atomic E-state index is 0.0360. The first kappa shape index (κ1) is 10.3. The summed E-state index contributed by atoms with van der Waals surface area (Å²) >= 11 is 0. The molecule has 1 aromatic rings. The molecular weight excluding hydrogens is 180 g/mol. The van der Waals surface area contributed by atoms with Gasteiger partial charge in [-0.25, -0.2) is 4.79 Å². The molecule has 0 aromatic heterocycles. The van der Waals surface area contributed by atoms with Crippen molar-refractivity contribution in [1.82, 2.24) is 0 Å². The van der Waals surface area contributed by atoms with Gasteiger partial charge in [0.05, 0.1) is 11.8 Å². The van der Waals surface area contributed by atoms with E-state index in [2.05, 4.69) is 0 Å². The highest BCUT2D eigenvalue weighted by Crippen LogP contribution is 2.08. The lowest BCUT2D eigenvalue weighted by molar-refractivity contribution is -0.132. The van der Waals surface area contributed by atoms with Crippen molar-refractivity contribution in [3.05, 3.63) is 47.7 Å². The monoisotopic (exact) mass is 192 g/mol. The van der Waals surface area contributed by atoms with E-state index >= 15 is 0 Å². The molecule has 14 heavy (non-hydrogen) atoms. The number of hydrogen-bond acceptors (Lipinski definition) is 2. The van der Waals surface area contributed by atoms with Gasteiger partial charge in [0, 0.05) is 0 Å². The number of aliphatic hydroxyl groups excluding tert-OH is 1. The largest absolute Gasteiger partial charge is 0.515 e. The number of hydrogen-bond donors (Lipinski definition) is 2. The van der Waals surface area contributed by atoms with Gasteiger partial charge in [-0.15, -0.1) is 0 Å². The Morgan fingerprint density at radius 1 is 1.29 bits per heavy atom. The number of aliphatic carboxylic acids is 1. The number of carboxylic acids is 1. The molecule has 1 rings (SSSR count). The van der Waals surface area contributed by atoms with E-state index in [1.165, 1.54) is 0 Å². The van der Waals surface area contributed by atoms with E-state index in [1.807, 2.05) is 30.3 Å². The van der Waals surface area contributed by atoms with Crippen LogP contribution in [0.3, 0.4) is 0 Å². The van der Waals surface area contributed by atoms with Gasteiger partial charge in [0.15, 0.2) is 0 Å². The predicted octanol–water partition coefficient (Wildman–Crippen LogP) is 2.15. The summed E-state index contributed by atoms with van der Waals surface area (Å²) in [6.45, 7) is 0. The van der Waals surface area contributed by atoms with Crippen LogP contribution in [-0.4, -0.2) is 16.2 Å². The third kappa shape index (κ3) is 2.94. The number of carboxylic acid groups (broad SMARTS) is 1. The van der Waals surface area contributed by atoms with Crippen molar-refractivity contribution in [3.8, 4) is 0 Å². The Morgan fingerprint density at radius 2 is 1.93 bits per heavy atom. The standard InChI is InChI=1S/C11H12O3/c12-8-10(11(13)14)7-6-9-4-2-1-3-5-9/h1-5,8,12H,6-7H2,(H,13,14). The minimum atomic E-state index is -1.07. The zero-order chi connectivity index (χ0) is 10.4. The molecule has 0 unspecified atom stereocenters. The number of carbonyl (C=O) groups is 1. The Kier molecular flexibility index (Phi) is 3.73. The van der Waals surface area contributed by atoms with Crippen LogP contribution in [0.4, 0.5) is 0 Å². The molecule has 0 amide bonds. The normalized spacial score (nSPS) is 11.3. The Balaban J connectivity index is 2.53. The van der Waals surface area contributed by atoms with E-state index in [0.29, 0.717) is 19.1 Å². The van der Waals surface area contributed by atoms with Crippen molar-refractivity contribution in [2.75, 3.05) is 0 Å². The fourth-order valence-corrected chi connectivity index (χ4v) is 1.15. The lowest BCUT2D eigenvalue weighted by Gasteiger charge is -2.00. The number of aryl methyl sites for hydroxylation is 1. The SMILES string of the molecule is O=C(O)C(=CO)CCc1ccccc1. The maximum atomic E-state index is 10.5. The Morgan fingerprint density at radius 3 is 2.43 bits per heavy atom. The van der Waals surface area contributed by atoms with Crippen molar-refractivity contribution in [3.63, 3.8) is 0 Å². The van der Waals surface area contributed by atoms with Crippen molar-refractivity contribution in [2.24, 2.45) is 0 Å². The predicted molar refractivity (Wildman–Crippen MR) is 53.1 cm³/mol. The van der Waals surface area contributed by atoms with Gasteiger partial charge in [-0.05, 0) is 18.4 Å². The highest BCUT2D eigenvalue weighted by atomic mass is 16.4. The molecule has 0 aliphatic rings. The van der Waals surface area contributed by atoms with Crippen molar-refractivity contribution in [1.29, 1.82) is 0 Å². The summed E-state index contributed by atoms with van der Waals surface area (Å²) in [4.78, 5) is 10.5. The maximum Gasteiger partial charge on any atom is 0.334 e. The molecule has 3 nitrogen and oxygen atoms in total. The number of benzene rings is 1. The summed E-state index contributed by atoms with van der Waals surface area (Å²) in [5.74, 6) is -1.07. The van der Waals surface area contributed by atoms with Gasteiger partial charge in [0.1, 0.15) is 0 Å². The van der Waals surface area contributed by atoms with Crippen molar-refractivity contribution >= 4 is 5.97 Å². The molecule has 1 aromatic carbocycles. The van der Waals surface area contributed by atoms with Crippen LogP contribution in [0.2, 0.25) is 0 Å². The summed E-state index contributed by atoms with van der Waals surface area (Å²) in [5, 5.41) is 17.3. The number of aliphatic hydroxyl groups is 1. The second-order valence-electron chi connectivity index (χ2n) is 2.95. The molecule has 0 spiro atoms. The van der Waals surface area contributed by atoms with E-state index in [9.17, 15) is 4.79 Å². The van der Waals surface area contributed by atoms with E-state index in [-0.39, 0.29) is 5.57 Å². The number of rotatable bonds is 4. The van der Waals surface area contributed by atoms with Crippen LogP contribution in [0.25, 0.3) is 0 Å². The zero-order valence-electron chi connectivity index (χ0n) is 7.68.